The van der Waals surface area contributed by atoms with E-state index in [2.05, 4.69) is 10.6 Å². The first-order valence-electron chi connectivity index (χ1n) is 6.95. The molecule has 6 nitrogen and oxygen atoms in total. The molecule has 0 atom stereocenters. The van der Waals surface area contributed by atoms with E-state index < -0.39 is 24.5 Å². The van der Waals surface area contributed by atoms with Gasteiger partial charge in [0.25, 0.3) is 5.91 Å². The normalized spacial score (nSPS) is 10.3. The van der Waals surface area contributed by atoms with Crippen LogP contribution in [-0.4, -0.2) is 31.1 Å². The van der Waals surface area contributed by atoms with Crippen molar-refractivity contribution in [3.8, 4) is 0 Å². The number of hydrogen-bond donors (Lipinski definition) is 2. The Kier molecular flexibility index (Phi) is 7.85. The lowest BCUT2D eigenvalue weighted by Crippen LogP contribution is -2.42. The largest absolute Gasteiger partial charge is 0.455 e. The van der Waals surface area contributed by atoms with Crippen LogP contribution in [-0.2, 0) is 20.7 Å². The summed E-state index contributed by atoms with van der Waals surface area (Å²) in [5.41, 5.74) is 0.538. The molecule has 0 aliphatic heterocycles. The Bertz CT molecular complexity index is 591. The van der Waals surface area contributed by atoms with Crippen molar-refractivity contribution in [2.45, 2.75) is 20.3 Å². The van der Waals surface area contributed by atoms with E-state index in [4.69, 9.17) is 27.9 Å². The van der Waals surface area contributed by atoms with Crippen molar-refractivity contribution >= 4 is 41.1 Å². The first-order chi connectivity index (χ1) is 10.8. The smallest absolute Gasteiger partial charge is 0.321 e. The van der Waals surface area contributed by atoms with Crippen LogP contribution in [0.3, 0.4) is 0 Å². The van der Waals surface area contributed by atoms with Gasteiger partial charge in [0.15, 0.2) is 6.61 Å². The first kappa shape index (κ1) is 19.3. The highest BCUT2D eigenvalue weighted by molar-refractivity contribution is 6.35. The Morgan fingerprint density at radius 1 is 1.22 bits per heavy atom. The number of urea groups is 1. The highest BCUT2D eigenvalue weighted by atomic mass is 35.5. The van der Waals surface area contributed by atoms with Gasteiger partial charge in [-0.3, -0.25) is 14.9 Å². The summed E-state index contributed by atoms with van der Waals surface area (Å²) >= 11 is 11.7. The van der Waals surface area contributed by atoms with Gasteiger partial charge >= 0.3 is 12.0 Å². The number of benzene rings is 1. The van der Waals surface area contributed by atoms with E-state index in [1.165, 1.54) is 6.07 Å². The van der Waals surface area contributed by atoms with Gasteiger partial charge in [-0.1, -0.05) is 43.1 Å². The number of carbonyl (C=O) groups is 3. The second-order valence-corrected chi connectivity index (χ2v) is 6.07. The van der Waals surface area contributed by atoms with Crippen LogP contribution in [0.5, 0.6) is 0 Å². The summed E-state index contributed by atoms with van der Waals surface area (Å²) < 4.78 is 4.80. The zero-order valence-corrected chi connectivity index (χ0v) is 14.3. The summed E-state index contributed by atoms with van der Waals surface area (Å²) in [5, 5.41) is 5.37. The molecule has 0 aliphatic rings. The van der Waals surface area contributed by atoms with Crippen molar-refractivity contribution in [3.05, 3.63) is 33.8 Å². The van der Waals surface area contributed by atoms with Crippen LogP contribution in [0.15, 0.2) is 18.2 Å². The Morgan fingerprint density at radius 3 is 2.52 bits per heavy atom. The predicted octanol–water partition coefficient (Wildman–Crippen LogP) is 2.56. The molecule has 0 saturated heterocycles. The number of rotatable bonds is 6. The Balaban J connectivity index is 2.35. The van der Waals surface area contributed by atoms with Crippen molar-refractivity contribution in [1.82, 2.24) is 10.6 Å². The number of halogens is 2. The minimum absolute atomic E-state index is 0.0944. The van der Waals surface area contributed by atoms with Gasteiger partial charge in [0.05, 0.1) is 6.42 Å². The number of esters is 1. The van der Waals surface area contributed by atoms with E-state index in [1.54, 1.807) is 12.1 Å². The summed E-state index contributed by atoms with van der Waals surface area (Å²) in [6.45, 7) is 3.74. The number of amides is 3. The molecule has 0 bridgehead atoms. The SMILES string of the molecule is CC(C)CNC(=O)NC(=O)COC(=O)Cc1ccc(Cl)cc1Cl. The fraction of sp³-hybridized carbons (Fsp3) is 0.400. The van der Waals surface area contributed by atoms with Crippen LogP contribution >= 0.6 is 23.2 Å². The maximum atomic E-state index is 11.7. The third-order valence-corrected chi connectivity index (χ3v) is 3.22. The minimum Gasteiger partial charge on any atom is -0.455 e. The standard InChI is InChI=1S/C15H18Cl2N2O4/c1-9(2)7-18-15(22)19-13(20)8-23-14(21)5-10-3-4-11(16)6-12(10)17/h3-4,6,9H,5,7-8H2,1-2H3,(H2,18,19,20,22). The molecule has 2 N–H and O–H groups in total. The van der Waals surface area contributed by atoms with Crippen molar-refractivity contribution < 1.29 is 19.1 Å². The fourth-order valence-corrected chi connectivity index (χ4v) is 2.00. The molecule has 1 aromatic carbocycles. The number of ether oxygens (including phenoxy) is 1. The molecular weight excluding hydrogens is 343 g/mol. The monoisotopic (exact) mass is 360 g/mol. The van der Waals surface area contributed by atoms with Crippen molar-refractivity contribution in [1.29, 1.82) is 0 Å². The third kappa shape index (κ3) is 7.85. The van der Waals surface area contributed by atoms with Crippen LogP contribution in [0.25, 0.3) is 0 Å². The van der Waals surface area contributed by atoms with E-state index >= 15 is 0 Å². The third-order valence-electron chi connectivity index (χ3n) is 2.64. The first-order valence-corrected chi connectivity index (χ1v) is 7.70. The van der Waals surface area contributed by atoms with Crippen LogP contribution in [0.4, 0.5) is 4.79 Å². The van der Waals surface area contributed by atoms with E-state index in [-0.39, 0.29) is 12.3 Å². The molecule has 0 unspecified atom stereocenters. The molecular formula is C15H18Cl2N2O4. The highest BCUT2D eigenvalue weighted by Gasteiger charge is 2.13. The maximum Gasteiger partial charge on any atom is 0.321 e. The summed E-state index contributed by atoms with van der Waals surface area (Å²) in [5.74, 6) is -1.08. The molecule has 1 rings (SSSR count). The number of hydrogen-bond acceptors (Lipinski definition) is 4. The minimum atomic E-state index is -0.707. The lowest BCUT2D eigenvalue weighted by atomic mass is 10.1. The summed E-state index contributed by atoms with van der Waals surface area (Å²) in [6.07, 6.45) is -0.0944. The number of imide groups is 1. The van der Waals surface area contributed by atoms with Gasteiger partial charge in [0.2, 0.25) is 0 Å². The molecule has 0 saturated carbocycles. The second kappa shape index (κ2) is 9.37. The Labute approximate surface area is 144 Å². The lowest BCUT2D eigenvalue weighted by molar-refractivity contribution is -0.147. The zero-order chi connectivity index (χ0) is 17.4. The van der Waals surface area contributed by atoms with E-state index in [0.29, 0.717) is 22.2 Å². The van der Waals surface area contributed by atoms with Crippen molar-refractivity contribution in [2.75, 3.05) is 13.2 Å². The molecule has 0 radical (unpaired) electrons. The average molecular weight is 361 g/mol. The molecule has 0 aromatic heterocycles. The maximum absolute atomic E-state index is 11.7. The van der Waals surface area contributed by atoms with Gasteiger partial charge in [0.1, 0.15) is 0 Å². The van der Waals surface area contributed by atoms with Crippen LogP contribution in [0, 0.1) is 5.92 Å². The quantitative estimate of drug-likeness (QED) is 0.763. The Morgan fingerprint density at radius 2 is 1.91 bits per heavy atom. The van der Waals surface area contributed by atoms with E-state index in [9.17, 15) is 14.4 Å². The van der Waals surface area contributed by atoms with Crippen LogP contribution < -0.4 is 10.6 Å². The van der Waals surface area contributed by atoms with Crippen LogP contribution in [0.1, 0.15) is 19.4 Å². The highest BCUT2D eigenvalue weighted by Crippen LogP contribution is 2.21. The summed E-state index contributed by atoms with van der Waals surface area (Å²) in [7, 11) is 0. The van der Waals surface area contributed by atoms with Gasteiger partial charge in [-0.15, -0.1) is 0 Å². The molecule has 0 aliphatic carbocycles. The van der Waals surface area contributed by atoms with Crippen molar-refractivity contribution in [2.24, 2.45) is 5.92 Å². The molecule has 1 aromatic rings. The molecule has 0 spiro atoms. The van der Waals surface area contributed by atoms with E-state index in [0.717, 1.165) is 0 Å². The summed E-state index contributed by atoms with van der Waals surface area (Å²) in [4.78, 5) is 34.5. The van der Waals surface area contributed by atoms with Gasteiger partial charge in [-0.05, 0) is 23.6 Å². The predicted molar refractivity (Wildman–Crippen MR) is 87.5 cm³/mol. The van der Waals surface area contributed by atoms with Gasteiger partial charge < -0.3 is 10.1 Å². The zero-order valence-electron chi connectivity index (χ0n) is 12.8. The molecule has 23 heavy (non-hydrogen) atoms. The van der Waals surface area contributed by atoms with Gasteiger partial charge in [-0.25, -0.2) is 4.79 Å². The summed E-state index contributed by atoms with van der Waals surface area (Å²) in [6, 6.07) is 4.09. The van der Waals surface area contributed by atoms with Gasteiger partial charge in [0, 0.05) is 16.6 Å². The van der Waals surface area contributed by atoms with Gasteiger partial charge in [-0.2, -0.15) is 0 Å². The lowest BCUT2D eigenvalue weighted by Gasteiger charge is -2.09. The van der Waals surface area contributed by atoms with E-state index in [1.807, 2.05) is 13.8 Å². The molecule has 0 heterocycles. The molecule has 0 fully saturated rings. The number of carbonyl (C=O) groups excluding carboxylic acids is 3. The van der Waals surface area contributed by atoms with Crippen molar-refractivity contribution in [3.63, 3.8) is 0 Å². The molecule has 8 heteroatoms. The molecule has 3 amide bonds. The topological polar surface area (TPSA) is 84.5 Å². The Hall–Kier alpha value is -1.79. The average Bonchev–Trinajstić information content (AvgIpc) is 2.46. The number of nitrogens with one attached hydrogen (secondary N) is 2. The molecule has 126 valence electrons. The fourth-order valence-electron chi connectivity index (χ4n) is 1.52. The van der Waals surface area contributed by atoms with Crippen LogP contribution in [0.2, 0.25) is 10.0 Å². The second-order valence-electron chi connectivity index (χ2n) is 5.23.